The molecule has 9 nitrogen and oxygen atoms in total. The molecule has 10 heteroatoms. The summed E-state index contributed by atoms with van der Waals surface area (Å²) in [7, 11) is 0. The van der Waals surface area contributed by atoms with Crippen LogP contribution in [0.1, 0.15) is 53.1 Å². The quantitative estimate of drug-likeness (QED) is 0.249. The fraction of sp³-hybridized carbons (Fsp3) is 0.281. The van der Waals surface area contributed by atoms with Gasteiger partial charge >= 0.3 is 5.69 Å². The largest absolute Gasteiger partial charge is 0.385 e. The van der Waals surface area contributed by atoms with Crippen molar-refractivity contribution in [1.29, 1.82) is 5.39 Å². The zero-order chi connectivity index (χ0) is 28.9. The highest BCUT2D eigenvalue weighted by Crippen LogP contribution is 2.64. The SMILES string of the molecule is CC1(C(=O)Nc2nc(-c3cccc(C(=O)Nc4ccc([N+]#N)cc4)c3)cs2)CC2c3ccccc3C1CC21OCCO1. The third-order valence-corrected chi connectivity index (χ3v) is 9.60. The van der Waals surface area contributed by atoms with Crippen molar-refractivity contribution in [3.63, 3.8) is 0 Å². The first-order valence-corrected chi connectivity index (χ1v) is 14.8. The summed E-state index contributed by atoms with van der Waals surface area (Å²) in [5, 5.41) is 17.2. The number of thiazole rings is 1. The normalized spacial score (nSPS) is 23.2. The maximum atomic E-state index is 13.9. The van der Waals surface area contributed by atoms with E-state index in [9.17, 15) is 9.59 Å². The molecule has 4 aromatic rings. The molecule has 2 heterocycles. The highest BCUT2D eigenvalue weighted by Gasteiger charge is 2.63. The van der Waals surface area contributed by atoms with E-state index in [0.29, 0.717) is 53.8 Å². The van der Waals surface area contributed by atoms with Crippen LogP contribution in [0.2, 0.25) is 0 Å². The van der Waals surface area contributed by atoms with Gasteiger partial charge in [0.1, 0.15) is 0 Å². The third-order valence-electron chi connectivity index (χ3n) is 8.84. The van der Waals surface area contributed by atoms with Crippen LogP contribution < -0.4 is 10.6 Å². The predicted molar refractivity (Wildman–Crippen MR) is 159 cm³/mol. The van der Waals surface area contributed by atoms with E-state index < -0.39 is 11.2 Å². The molecule has 1 aliphatic heterocycles. The number of nitrogens with one attached hydrogen (secondary N) is 2. The number of carbonyl (C=O) groups is 2. The Kier molecular flexibility index (Phi) is 6.39. The number of benzene rings is 3. The molecule has 1 saturated carbocycles. The van der Waals surface area contributed by atoms with Crippen LogP contribution in [-0.4, -0.2) is 35.8 Å². The van der Waals surface area contributed by atoms with Crippen molar-refractivity contribution in [3.05, 3.63) is 99.8 Å². The summed E-state index contributed by atoms with van der Waals surface area (Å²) < 4.78 is 12.4. The van der Waals surface area contributed by atoms with Gasteiger partial charge in [-0.1, -0.05) is 43.3 Å². The van der Waals surface area contributed by atoms with Gasteiger partial charge in [0.15, 0.2) is 15.9 Å². The Bertz CT molecular complexity index is 1740. The van der Waals surface area contributed by atoms with Crippen molar-refractivity contribution >= 4 is 39.7 Å². The van der Waals surface area contributed by atoms with Gasteiger partial charge in [-0.15, -0.1) is 11.3 Å². The molecular weight excluding hydrogens is 550 g/mol. The molecule has 3 aliphatic carbocycles. The molecule has 8 rings (SSSR count). The van der Waals surface area contributed by atoms with Gasteiger partial charge in [0, 0.05) is 52.6 Å². The predicted octanol–water partition coefficient (Wildman–Crippen LogP) is 6.91. The number of nitrogens with zero attached hydrogens (tertiary/aromatic N) is 3. The van der Waals surface area contributed by atoms with E-state index in [1.807, 2.05) is 30.5 Å². The minimum Gasteiger partial charge on any atom is -0.347 e. The molecule has 2 bridgehead atoms. The Morgan fingerprint density at radius 2 is 1.69 bits per heavy atom. The smallest absolute Gasteiger partial charge is 0.347 e. The number of carbonyl (C=O) groups excluding carboxylic acids is 2. The molecule has 1 aromatic heterocycles. The van der Waals surface area contributed by atoms with Gasteiger partial charge in [-0.05, 0) is 41.8 Å². The van der Waals surface area contributed by atoms with Crippen LogP contribution in [0.15, 0.2) is 78.2 Å². The highest BCUT2D eigenvalue weighted by molar-refractivity contribution is 7.14. The lowest BCUT2D eigenvalue weighted by atomic mass is 9.52. The van der Waals surface area contributed by atoms with Crippen molar-refractivity contribution in [2.24, 2.45) is 5.41 Å². The lowest BCUT2D eigenvalue weighted by molar-refractivity contribution is -0.216. The molecule has 3 atom stereocenters. The van der Waals surface area contributed by atoms with E-state index in [0.717, 1.165) is 5.56 Å². The molecule has 3 unspecified atom stereocenters. The number of amides is 2. The van der Waals surface area contributed by atoms with Crippen LogP contribution in [-0.2, 0) is 14.3 Å². The van der Waals surface area contributed by atoms with Crippen molar-refractivity contribution in [1.82, 2.24) is 4.98 Å². The van der Waals surface area contributed by atoms with E-state index in [4.69, 9.17) is 19.9 Å². The number of rotatable bonds is 5. The van der Waals surface area contributed by atoms with Crippen LogP contribution in [0.25, 0.3) is 16.2 Å². The van der Waals surface area contributed by atoms with Crippen LogP contribution in [0, 0.1) is 10.8 Å². The number of fused-ring (bicyclic) bond motifs is 1. The van der Waals surface area contributed by atoms with Gasteiger partial charge in [0.25, 0.3) is 5.91 Å². The number of ether oxygens (including phenoxy) is 2. The van der Waals surface area contributed by atoms with Gasteiger partial charge in [0.2, 0.25) is 11.3 Å². The molecule has 0 radical (unpaired) electrons. The minimum atomic E-state index is -0.650. The average Bonchev–Trinajstić information content (AvgIpc) is 3.69. The third kappa shape index (κ3) is 4.38. The molecule has 4 aliphatic rings. The van der Waals surface area contributed by atoms with Gasteiger partial charge in [0.05, 0.1) is 24.3 Å². The summed E-state index contributed by atoms with van der Waals surface area (Å²) in [5.74, 6) is -1.04. The molecule has 2 amide bonds. The number of hydrogen-bond donors (Lipinski definition) is 2. The second kappa shape index (κ2) is 10.1. The van der Waals surface area contributed by atoms with E-state index in [-0.39, 0.29) is 23.7 Å². The first-order valence-electron chi connectivity index (χ1n) is 13.9. The molecule has 1 saturated heterocycles. The van der Waals surface area contributed by atoms with E-state index in [1.54, 1.807) is 42.5 Å². The molecule has 2 N–H and O–H groups in total. The average molecular weight is 579 g/mol. The maximum Gasteiger partial charge on any atom is 0.385 e. The maximum absolute atomic E-state index is 13.9. The van der Waals surface area contributed by atoms with Crippen molar-refractivity contribution < 1.29 is 19.1 Å². The zero-order valence-electron chi connectivity index (χ0n) is 22.9. The van der Waals surface area contributed by atoms with Crippen molar-refractivity contribution in [2.75, 3.05) is 23.8 Å². The standard InChI is InChI=1S/C32H27N5O4S/c1-31(16-26-24-8-3-2-7-23(24)25(31)17-32(26)40-13-14-41-32)29(39)36-30-35-27(18-42-30)19-5-4-6-20(15-19)28(38)34-21-9-11-22(37-33)12-10-21/h2-12,15,18,25-26H,13-14,16-17H2,1H3,(H-,34,35,36,38,39)/p+1. The fourth-order valence-electron chi connectivity index (χ4n) is 6.70. The number of diazo groups is 1. The molecule has 1 spiro atoms. The Morgan fingerprint density at radius 1 is 0.952 bits per heavy atom. The molecule has 2 fully saturated rings. The monoisotopic (exact) mass is 578 g/mol. The van der Waals surface area contributed by atoms with Crippen molar-refractivity contribution in [2.45, 2.75) is 37.4 Å². The topological polar surface area (TPSA) is 118 Å². The number of hydrogen-bond acceptors (Lipinski definition) is 7. The Labute approximate surface area is 246 Å². The van der Waals surface area contributed by atoms with E-state index >= 15 is 0 Å². The lowest BCUT2D eigenvalue weighted by Gasteiger charge is -2.56. The lowest BCUT2D eigenvalue weighted by Crippen LogP contribution is -2.56. The molecule has 42 heavy (non-hydrogen) atoms. The highest BCUT2D eigenvalue weighted by atomic mass is 32.1. The fourth-order valence-corrected chi connectivity index (χ4v) is 7.41. The van der Waals surface area contributed by atoms with Crippen LogP contribution in [0.3, 0.4) is 0 Å². The first kappa shape index (κ1) is 26.5. The van der Waals surface area contributed by atoms with Gasteiger partial charge in [-0.2, -0.15) is 0 Å². The van der Waals surface area contributed by atoms with Gasteiger partial charge in [-0.3, -0.25) is 9.59 Å². The molecule has 210 valence electrons. The van der Waals surface area contributed by atoms with Crippen molar-refractivity contribution in [3.8, 4) is 11.3 Å². The van der Waals surface area contributed by atoms with Crippen LogP contribution in [0.5, 0.6) is 0 Å². The second-order valence-electron chi connectivity index (χ2n) is 11.2. The summed E-state index contributed by atoms with van der Waals surface area (Å²) in [5.41, 5.74) is 4.67. The molecule has 3 aromatic carbocycles. The van der Waals surface area contributed by atoms with E-state index in [2.05, 4.69) is 27.7 Å². The van der Waals surface area contributed by atoms with Gasteiger partial charge < -0.3 is 20.1 Å². The van der Waals surface area contributed by atoms with E-state index in [1.165, 1.54) is 22.5 Å². The van der Waals surface area contributed by atoms with Crippen LogP contribution in [0.4, 0.5) is 16.5 Å². The number of anilines is 2. The Balaban J connectivity index is 1.08. The van der Waals surface area contributed by atoms with Crippen LogP contribution >= 0.6 is 11.3 Å². The summed E-state index contributed by atoms with van der Waals surface area (Å²) in [6.07, 6.45) is 1.28. The number of aromatic nitrogens is 1. The van der Waals surface area contributed by atoms with Gasteiger partial charge in [-0.25, -0.2) is 4.98 Å². The zero-order valence-corrected chi connectivity index (χ0v) is 23.7. The Morgan fingerprint density at radius 3 is 2.43 bits per heavy atom. The summed E-state index contributed by atoms with van der Waals surface area (Å²) >= 11 is 1.36. The summed E-state index contributed by atoms with van der Waals surface area (Å²) in [6, 6.07) is 22.1. The minimum absolute atomic E-state index is 0.0136. The second-order valence-corrected chi connectivity index (χ2v) is 12.1. The summed E-state index contributed by atoms with van der Waals surface area (Å²) in [6.45, 7) is 3.20. The summed E-state index contributed by atoms with van der Waals surface area (Å²) in [4.78, 5) is 34.6. The Hall–Kier alpha value is -4.43. The first-order chi connectivity index (χ1) is 20.4. The molecular formula is C32H28N5O4S+.